The molecule has 0 spiro atoms. The summed E-state index contributed by atoms with van der Waals surface area (Å²) >= 11 is 1.31. The van der Waals surface area contributed by atoms with Gasteiger partial charge in [0.05, 0.1) is 10.6 Å². The van der Waals surface area contributed by atoms with Crippen LogP contribution in [0.1, 0.15) is 43.7 Å². The van der Waals surface area contributed by atoms with Crippen molar-refractivity contribution < 1.29 is 17.9 Å². The van der Waals surface area contributed by atoms with Gasteiger partial charge in [0, 0.05) is 24.0 Å². The van der Waals surface area contributed by atoms with Gasteiger partial charge in [0.2, 0.25) is 10.0 Å². The van der Waals surface area contributed by atoms with Gasteiger partial charge in [0.25, 0.3) is 5.91 Å². The number of anilines is 1. The number of carbonyl (C=O) groups excluding carboxylic acids is 1. The number of ether oxygens (including phenoxy) is 1. The largest absolute Gasteiger partial charge is 0.483 e. The third-order valence-corrected chi connectivity index (χ3v) is 8.42. The molecule has 0 radical (unpaired) electrons. The number of aromatic nitrogens is 1. The lowest BCUT2D eigenvalue weighted by atomic mass is 10.0. The zero-order valence-corrected chi connectivity index (χ0v) is 21.2. The van der Waals surface area contributed by atoms with E-state index in [0.717, 1.165) is 29.5 Å². The average molecular weight is 500 g/mol. The summed E-state index contributed by atoms with van der Waals surface area (Å²) in [5.41, 5.74) is 3.59. The van der Waals surface area contributed by atoms with Crippen LogP contribution in [0.4, 0.5) is 5.13 Å². The summed E-state index contributed by atoms with van der Waals surface area (Å²) in [7, 11) is -3.44. The predicted octanol–water partition coefficient (Wildman–Crippen LogP) is 5.04. The van der Waals surface area contributed by atoms with Gasteiger partial charge in [-0.15, -0.1) is 11.3 Å². The molecule has 7 nitrogen and oxygen atoms in total. The maximum absolute atomic E-state index is 12.7. The van der Waals surface area contributed by atoms with E-state index < -0.39 is 10.0 Å². The monoisotopic (exact) mass is 499 g/mol. The summed E-state index contributed by atoms with van der Waals surface area (Å²) in [6.07, 6.45) is 1.80. The maximum atomic E-state index is 12.7. The Labute approximate surface area is 204 Å². The minimum atomic E-state index is -3.44. The van der Waals surface area contributed by atoms with Crippen LogP contribution >= 0.6 is 11.3 Å². The van der Waals surface area contributed by atoms with Gasteiger partial charge in [-0.3, -0.25) is 10.1 Å². The number of hydrogen-bond acceptors (Lipinski definition) is 6. The van der Waals surface area contributed by atoms with E-state index in [4.69, 9.17) is 4.74 Å². The minimum absolute atomic E-state index is 0.110. The van der Waals surface area contributed by atoms with Crippen molar-refractivity contribution in [1.29, 1.82) is 0 Å². The molecule has 1 amide bonds. The molecule has 3 aromatic rings. The van der Waals surface area contributed by atoms with E-state index >= 15 is 0 Å². The molecule has 1 aliphatic heterocycles. The Morgan fingerprint density at radius 2 is 1.85 bits per heavy atom. The van der Waals surface area contributed by atoms with Crippen LogP contribution in [0.15, 0.2) is 52.7 Å². The summed E-state index contributed by atoms with van der Waals surface area (Å²) in [6, 6.07) is 12.7. The number of sulfonamides is 1. The molecule has 1 saturated heterocycles. The van der Waals surface area contributed by atoms with Gasteiger partial charge in [-0.1, -0.05) is 38.1 Å². The molecule has 0 atom stereocenters. The number of amides is 1. The minimum Gasteiger partial charge on any atom is -0.483 e. The van der Waals surface area contributed by atoms with Crippen molar-refractivity contribution in [3.63, 3.8) is 0 Å². The van der Waals surface area contributed by atoms with Crippen LogP contribution < -0.4 is 10.1 Å². The van der Waals surface area contributed by atoms with Crippen LogP contribution in [-0.2, 0) is 14.8 Å². The molecular formula is C25H29N3O4S2. The van der Waals surface area contributed by atoms with Crippen molar-refractivity contribution in [3.8, 4) is 17.0 Å². The highest BCUT2D eigenvalue weighted by molar-refractivity contribution is 7.89. The highest BCUT2D eigenvalue weighted by atomic mass is 32.2. The van der Waals surface area contributed by atoms with Crippen LogP contribution in [0.2, 0.25) is 0 Å². The van der Waals surface area contributed by atoms with E-state index in [1.54, 1.807) is 24.3 Å². The molecule has 1 N–H and O–H groups in total. The van der Waals surface area contributed by atoms with E-state index in [0.29, 0.717) is 29.7 Å². The first-order valence-corrected chi connectivity index (χ1v) is 13.7. The highest BCUT2D eigenvalue weighted by Gasteiger charge is 2.27. The second-order valence-corrected chi connectivity index (χ2v) is 11.5. The number of hydrogen-bond donors (Lipinski definition) is 1. The quantitative estimate of drug-likeness (QED) is 0.469. The van der Waals surface area contributed by atoms with Crippen molar-refractivity contribution in [2.24, 2.45) is 0 Å². The zero-order chi connectivity index (χ0) is 24.3. The van der Waals surface area contributed by atoms with E-state index in [-0.39, 0.29) is 23.3 Å². The molecule has 1 aliphatic rings. The number of benzene rings is 2. The van der Waals surface area contributed by atoms with Crippen molar-refractivity contribution >= 4 is 32.4 Å². The SMILES string of the molecule is Cc1ccc(C(C)C)c(OCC(=O)Nc2nc(-c3ccc(S(=O)(=O)N4CCCC4)cc3)cs2)c1. The molecule has 0 unspecified atom stereocenters. The number of carbonyl (C=O) groups is 1. The topological polar surface area (TPSA) is 88.6 Å². The van der Waals surface area contributed by atoms with Gasteiger partial charge in [0.1, 0.15) is 5.75 Å². The highest BCUT2D eigenvalue weighted by Crippen LogP contribution is 2.29. The van der Waals surface area contributed by atoms with Crippen molar-refractivity contribution in [2.45, 2.75) is 44.4 Å². The number of nitrogens with zero attached hydrogens (tertiary/aromatic N) is 2. The van der Waals surface area contributed by atoms with Gasteiger partial charge in [0.15, 0.2) is 11.7 Å². The van der Waals surface area contributed by atoms with E-state index in [9.17, 15) is 13.2 Å². The molecule has 4 rings (SSSR count). The number of rotatable bonds is 8. The van der Waals surface area contributed by atoms with Gasteiger partial charge < -0.3 is 4.74 Å². The first-order chi connectivity index (χ1) is 16.2. The number of aryl methyl sites for hydroxylation is 1. The summed E-state index contributed by atoms with van der Waals surface area (Å²) in [5, 5.41) is 5.07. The van der Waals surface area contributed by atoms with Gasteiger partial charge in [-0.25, -0.2) is 13.4 Å². The van der Waals surface area contributed by atoms with Crippen LogP contribution in [0.25, 0.3) is 11.3 Å². The van der Waals surface area contributed by atoms with E-state index in [1.807, 2.05) is 30.5 Å². The van der Waals surface area contributed by atoms with Gasteiger partial charge in [-0.2, -0.15) is 4.31 Å². The molecule has 180 valence electrons. The number of thiazole rings is 1. The maximum Gasteiger partial charge on any atom is 0.264 e. The van der Waals surface area contributed by atoms with Crippen LogP contribution in [-0.4, -0.2) is 43.3 Å². The average Bonchev–Trinajstić information content (AvgIpc) is 3.51. The van der Waals surface area contributed by atoms with E-state index in [1.165, 1.54) is 15.6 Å². The predicted molar refractivity (Wildman–Crippen MR) is 135 cm³/mol. The lowest BCUT2D eigenvalue weighted by Crippen LogP contribution is -2.27. The fourth-order valence-electron chi connectivity index (χ4n) is 3.88. The third kappa shape index (κ3) is 5.48. The molecule has 0 aliphatic carbocycles. The Bertz CT molecular complexity index is 1260. The summed E-state index contributed by atoms with van der Waals surface area (Å²) < 4.78 is 32.7. The summed E-state index contributed by atoms with van der Waals surface area (Å²) in [4.78, 5) is 17.2. The fourth-order valence-corrected chi connectivity index (χ4v) is 6.13. The van der Waals surface area contributed by atoms with Gasteiger partial charge in [-0.05, 0) is 55.0 Å². The molecule has 0 bridgehead atoms. The third-order valence-electron chi connectivity index (χ3n) is 5.75. The van der Waals surface area contributed by atoms with Crippen molar-refractivity contribution in [1.82, 2.24) is 9.29 Å². The number of nitrogens with one attached hydrogen (secondary N) is 1. The normalized spacial score (nSPS) is 14.5. The first-order valence-electron chi connectivity index (χ1n) is 11.3. The fraction of sp³-hybridized carbons (Fsp3) is 0.360. The Hall–Kier alpha value is -2.75. The molecule has 2 heterocycles. The molecule has 1 aromatic heterocycles. The summed E-state index contributed by atoms with van der Waals surface area (Å²) in [5.74, 6) is 0.718. The van der Waals surface area contributed by atoms with Crippen molar-refractivity contribution in [3.05, 3.63) is 59.0 Å². The Kier molecular flexibility index (Phi) is 7.35. The van der Waals surface area contributed by atoms with Crippen LogP contribution in [0, 0.1) is 6.92 Å². The zero-order valence-electron chi connectivity index (χ0n) is 19.6. The molecule has 2 aromatic carbocycles. The Balaban J connectivity index is 1.38. The molecule has 0 saturated carbocycles. The standard InChI is InChI=1S/C25H29N3O4S2/c1-17(2)21-11-6-18(3)14-23(21)32-15-24(29)27-25-26-22(16-33-25)19-7-9-20(10-8-19)34(30,31)28-12-4-5-13-28/h6-11,14,16-17H,4-5,12-13,15H2,1-3H3,(H,26,27,29). The van der Waals surface area contributed by atoms with Gasteiger partial charge >= 0.3 is 0 Å². The second kappa shape index (κ2) is 10.2. The Morgan fingerprint density at radius 1 is 1.15 bits per heavy atom. The molecule has 34 heavy (non-hydrogen) atoms. The van der Waals surface area contributed by atoms with Crippen molar-refractivity contribution in [2.75, 3.05) is 25.0 Å². The lowest BCUT2D eigenvalue weighted by molar-refractivity contribution is -0.118. The second-order valence-electron chi connectivity index (χ2n) is 8.71. The first kappa shape index (κ1) is 24.4. The van der Waals surface area contributed by atoms with Crippen LogP contribution in [0.5, 0.6) is 5.75 Å². The Morgan fingerprint density at radius 3 is 2.53 bits per heavy atom. The van der Waals surface area contributed by atoms with Crippen LogP contribution in [0.3, 0.4) is 0 Å². The smallest absolute Gasteiger partial charge is 0.264 e. The van der Waals surface area contributed by atoms with E-state index in [2.05, 4.69) is 24.1 Å². The molecule has 9 heteroatoms. The summed E-state index contributed by atoms with van der Waals surface area (Å²) in [6.45, 7) is 7.20. The lowest BCUT2D eigenvalue weighted by Gasteiger charge is -2.15. The molecular weight excluding hydrogens is 470 g/mol. The molecule has 1 fully saturated rings.